The number of carbonyl (C=O) groups is 3. The van der Waals surface area contributed by atoms with Crippen molar-refractivity contribution < 1.29 is 49.5 Å². The van der Waals surface area contributed by atoms with Crippen LogP contribution in [-0.4, -0.2) is 37.7 Å². The summed E-state index contributed by atoms with van der Waals surface area (Å²) < 4.78 is 105. The van der Waals surface area contributed by atoms with Gasteiger partial charge in [0.1, 0.15) is 11.6 Å². The van der Waals surface area contributed by atoms with Crippen molar-refractivity contribution in [2.45, 2.75) is 39.5 Å². The van der Waals surface area contributed by atoms with Crippen molar-refractivity contribution in [1.29, 1.82) is 0 Å². The molecule has 0 bridgehead atoms. The first-order chi connectivity index (χ1) is 21.4. The van der Waals surface area contributed by atoms with Crippen LogP contribution >= 0.6 is 0 Å². The number of imide groups is 1. The SMILES string of the molecule is CC(=O)Nc1ccc(-c2cncc(F)c2)nc1C(F)(F)F.CCC(=O)N(C(C)=O)c1ccc(-c2cncc(F)c2)nc1C(F)(F)F. The zero-order valence-corrected chi connectivity index (χ0v) is 24.0. The molecule has 0 saturated heterocycles. The number of alkyl halides is 6. The van der Waals surface area contributed by atoms with Crippen molar-refractivity contribution in [2.75, 3.05) is 10.2 Å². The minimum atomic E-state index is -4.92. The molecule has 4 aromatic rings. The highest BCUT2D eigenvalue weighted by atomic mass is 19.4. The number of nitrogens with zero attached hydrogens (tertiary/aromatic N) is 5. The summed E-state index contributed by atoms with van der Waals surface area (Å²) in [5.74, 6) is -3.72. The summed E-state index contributed by atoms with van der Waals surface area (Å²) in [5.41, 5.74) is -3.92. The van der Waals surface area contributed by atoms with Gasteiger partial charge >= 0.3 is 12.4 Å². The van der Waals surface area contributed by atoms with Crippen LogP contribution in [0.4, 0.5) is 46.5 Å². The number of aromatic nitrogens is 4. The summed E-state index contributed by atoms with van der Waals surface area (Å²) in [6, 6.07) is 6.45. The van der Waals surface area contributed by atoms with Crippen molar-refractivity contribution in [3.05, 3.63) is 84.2 Å². The molecule has 0 aliphatic heterocycles. The molecule has 0 aromatic carbocycles. The number of nitrogens with one attached hydrogen (secondary N) is 1. The molecule has 9 nitrogen and oxygen atoms in total. The van der Waals surface area contributed by atoms with Gasteiger partial charge in [-0.25, -0.2) is 23.6 Å². The van der Waals surface area contributed by atoms with E-state index in [2.05, 4.69) is 25.3 Å². The molecule has 0 unspecified atom stereocenters. The molecule has 242 valence electrons. The number of halogens is 8. The Hall–Kier alpha value is -5.35. The Kier molecular flexibility index (Phi) is 10.8. The highest BCUT2D eigenvalue weighted by molar-refractivity contribution is 6.14. The number of hydrogen-bond donors (Lipinski definition) is 1. The second-order valence-electron chi connectivity index (χ2n) is 9.22. The largest absolute Gasteiger partial charge is 0.435 e. The second-order valence-corrected chi connectivity index (χ2v) is 9.22. The molecule has 0 aliphatic carbocycles. The lowest BCUT2D eigenvalue weighted by molar-refractivity contribution is -0.141. The van der Waals surface area contributed by atoms with Gasteiger partial charge < -0.3 is 5.32 Å². The van der Waals surface area contributed by atoms with Crippen LogP contribution in [0.2, 0.25) is 0 Å². The van der Waals surface area contributed by atoms with Gasteiger partial charge in [-0.05, 0) is 36.4 Å². The lowest BCUT2D eigenvalue weighted by Crippen LogP contribution is -2.36. The first kappa shape index (κ1) is 35.1. The maximum Gasteiger partial charge on any atom is 0.435 e. The van der Waals surface area contributed by atoms with E-state index >= 15 is 0 Å². The number of anilines is 2. The van der Waals surface area contributed by atoms with Crippen molar-refractivity contribution in [3.8, 4) is 22.5 Å². The minimum Gasteiger partial charge on any atom is -0.324 e. The zero-order valence-electron chi connectivity index (χ0n) is 24.0. The van der Waals surface area contributed by atoms with Gasteiger partial charge in [-0.2, -0.15) is 26.3 Å². The van der Waals surface area contributed by atoms with E-state index in [4.69, 9.17) is 0 Å². The number of pyridine rings is 4. The van der Waals surface area contributed by atoms with Crippen LogP contribution in [0.5, 0.6) is 0 Å². The fourth-order valence-electron chi connectivity index (χ4n) is 3.87. The van der Waals surface area contributed by atoms with E-state index in [1.807, 2.05) is 0 Å². The predicted octanol–water partition coefficient (Wildman–Crippen LogP) is 6.85. The molecule has 46 heavy (non-hydrogen) atoms. The van der Waals surface area contributed by atoms with Crippen molar-refractivity contribution in [3.63, 3.8) is 0 Å². The van der Waals surface area contributed by atoms with Gasteiger partial charge in [0, 0.05) is 43.8 Å². The summed E-state index contributed by atoms with van der Waals surface area (Å²) >= 11 is 0. The van der Waals surface area contributed by atoms with Gasteiger partial charge in [0.2, 0.25) is 17.7 Å². The first-order valence-corrected chi connectivity index (χ1v) is 12.9. The summed E-state index contributed by atoms with van der Waals surface area (Å²) in [5, 5.41) is 2.06. The molecule has 0 saturated carbocycles. The van der Waals surface area contributed by atoms with Gasteiger partial charge in [0.15, 0.2) is 11.4 Å². The molecule has 4 aromatic heterocycles. The lowest BCUT2D eigenvalue weighted by atomic mass is 10.1. The molecule has 17 heteroatoms. The van der Waals surface area contributed by atoms with Gasteiger partial charge in [-0.1, -0.05) is 6.92 Å². The number of carbonyl (C=O) groups excluding carboxylic acids is 3. The van der Waals surface area contributed by atoms with E-state index in [0.29, 0.717) is 4.90 Å². The Morgan fingerprint density at radius 1 is 0.739 bits per heavy atom. The predicted molar refractivity (Wildman–Crippen MR) is 148 cm³/mol. The fourth-order valence-corrected chi connectivity index (χ4v) is 3.87. The topological polar surface area (TPSA) is 118 Å². The summed E-state index contributed by atoms with van der Waals surface area (Å²) in [6.45, 7) is 3.49. The maximum atomic E-state index is 13.4. The van der Waals surface area contributed by atoms with Crippen molar-refractivity contribution >= 4 is 29.1 Å². The number of rotatable bonds is 5. The Bertz CT molecular complexity index is 1760. The van der Waals surface area contributed by atoms with Crippen LogP contribution in [-0.2, 0) is 26.7 Å². The molecular formula is C29H22F8N6O3. The zero-order chi connectivity index (χ0) is 34.4. The van der Waals surface area contributed by atoms with Crippen LogP contribution in [0.25, 0.3) is 22.5 Å². The average molecular weight is 655 g/mol. The highest BCUT2D eigenvalue weighted by Crippen LogP contribution is 2.38. The smallest absolute Gasteiger partial charge is 0.324 e. The van der Waals surface area contributed by atoms with E-state index in [9.17, 15) is 49.5 Å². The van der Waals surface area contributed by atoms with Gasteiger partial charge in [-0.3, -0.25) is 24.4 Å². The lowest BCUT2D eigenvalue weighted by Gasteiger charge is -2.22. The third-order valence-electron chi connectivity index (χ3n) is 5.73. The number of amides is 3. The van der Waals surface area contributed by atoms with E-state index < -0.39 is 64.5 Å². The minimum absolute atomic E-state index is 0.0354. The monoisotopic (exact) mass is 654 g/mol. The molecule has 0 spiro atoms. The van der Waals surface area contributed by atoms with Crippen LogP contribution < -0.4 is 10.2 Å². The molecular weight excluding hydrogens is 632 g/mol. The normalized spacial score (nSPS) is 11.3. The van der Waals surface area contributed by atoms with E-state index in [1.54, 1.807) is 0 Å². The molecule has 4 rings (SSSR count). The van der Waals surface area contributed by atoms with Crippen LogP contribution in [0.3, 0.4) is 0 Å². The third-order valence-corrected chi connectivity index (χ3v) is 5.73. The Balaban J connectivity index is 0.000000254. The molecule has 3 amide bonds. The quantitative estimate of drug-likeness (QED) is 0.234. The second kappa shape index (κ2) is 14.2. The van der Waals surface area contributed by atoms with Gasteiger partial charge in [-0.15, -0.1) is 0 Å². The first-order valence-electron chi connectivity index (χ1n) is 12.9. The molecule has 1 N–H and O–H groups in total. The molecule has 4 heterocycles. The van der Waals surface area contributed by atoms with Crippen LogP contribution in [0.15, 0.2) is 61.2 Å². The van der Waals surface area contributed by atoms with E-state index in [1.165, 1.54) is 25.3 Å². The summed E-state index contributed by atoms with van der Waals surface area (Å²) in [4.78, 5) is 49.0. The standard InChI is InChI=1S/C16H13F4N3O2.C13H9F4N3O/c1-3-14(25)23(9(2)24)13-5-4-12(22-15(13)16(18,19)20)10-6-11(17)8-21-7-10;1-7(21)19-11-3-2-10(20-12(11)13(15,16)17)8-4-9(14)6-18-5-8/h4-8H,3H2,1-2H3;2-6H,1H3,(H,19,21). The summed E-state index contributed by atoms with van der Waals surface area (Å²) in [6.07, 6.45) is -5.65. The van der Waals surface area contributed by atoms with Crippen molar-refractivity contribution in [1.82, 2.24) is 19.9 Å². The molecule has 0 radical (unpaired) electrons. The third kappa shape index (κ3) is 8.86. The van der Waals surface area contributed by atoms with Gasteiger partial charge in [0.25, 0.3) is 0 Å². The van der Waals surface area contributed by atoms with E-state index in [-0.39, 0.29) is 28.9 Å². The van der Waals surface area contributed by atoms with Crippen LogP contribution in [0, 0.1) is 11.6 Å². The average Bonchev–Trinajstić information content (AvgIpc) is 2.96. The van der Waals surface area contributed by atoms with Gasteiger partial charge in [0.05, 0.1) is 35.2 Å². The Labute approximate surface area is 255 Å². The van der Waals surface area contributed by atoms with Crippen molar-refractivity contribution in [2.24, 2.45) is 0 Å². The highest BCUT2D eigenvalue weighted by Gasteiger charge is 2.39. The molecule has 0 aliphatic rings. The molecule has 0 atom stereocenters. The Morgan fingerprint density at radius 3 is 1.63 bits per heavy atom. The fraction of sp³-hybridized carbons (Fsp3) is 0.207. The maximum absolute atomic E-state index is 13.4. The number of hydrogen-bond acceptors (Lipinski definition) is 7. The van der Waals surface area contributed by atoms with E-state index in [0.717, 1.165) is 56.7 Å². The molecule has 0 fully saturated rings. The van der Waals surface area contributed by atoms with Crippen LogP contribution in [0.1, 0.15) is 38.6 Å². The Morgan fingerprint density at radius 2 is 1.22 bits per heavy atom. The summed E-state index contributed by atoms with van der Waals surface area (Å²) in [7, 11) is 0.